The summed E-state index contributed by atoms with van der Waals surface area (Å²) in [5.74, 6) is 3.92. The minimum Gasteiger partial charge on any atom is -0.481 e. The first-order valence-electron chi connectivity index (χ1n) is 3.58. The molecule has 0 aliphatic carbocycles. The Hall–Kier alpha value is -1.30. The predicted molar refractivity (Wildman–Crippen MR) is 46.9 cm³/mol. The number of hydrogen-bond donors (Lipinski definition) is 3. The van der Waals surface area contributed by atoms with E-state index in [-0.39, 0.29) is 0 Å². The van der Waals surface area contributed by atoms with Crippen molar-refractivity contribution in [3.8, 4) is 0 Å². The minimum atomic E-state index is -0.833. The number of carbonyl (C=O) groups is 2. The summed E-state index contributed by atoms with van der Waals surface area (Å²) in [4.78, 5) is 19.4. The quantitative estimate of drug-likeness (QED) is 0.294. The van der Waals surface area contributed by atoms with Gasteiger partial charge in [0.1, 0.15) is 5.60 Å². The van der Waals surface area contributed by atoms with Crippen LogP contribution in [0.15, 0.2) is 0 Å². The Morgan fingerprint density at radius 3 is 1.77 bits per heavy atom. The van der Waals surface area contributed by atoms with Crippen molar-refractivity contribution < 1.29 is 19.4 Å². The molecular weight excluding hydrogens is 176 g/mol. The molecular formula is C7H16N2O4. The third-order valence-corrected chi connectivity index (χ3v) is 0.517. The molecule has 0 aromatic rings. The zero-order chi connectivity index (χ0) is 11.1. The highest BCUT2D eigenvalue weighted by molar-refractivity contribution is 5.66. The third-order valence-electron chi connectivity index (χ3n) is 0.517. The van der Waals surface area contributed by atoms with E-state index >= 15 is 0 Å². The van der Waals surface area contributed by atoms with Gasteiger partial charge in [-0.2, -0.15) is 0 Å². The predicted octanol–water partition coefficient (Wildman–Crippen LogP) is 0.476. The number of carboxylic acids is 1. The lowest BCUT2D eigenvalue weighted by Crippen LogP contribution is -2.36. The largest absolute Gasteiger partial charge is 0.481 e. The van der Waals surface area contributed by atoms with Gasteiger partial charge in [-0.1, -0.05) is 0 Å². The van der Waals surface area contributed by atoms with Gasteiger partial charge in [-0.3, -0.25) is 10.2 Å². The summed E-state index contributed by atoms with van der Waals surface area (Å²) < 4.78 is 4.71. The first kappa shape index (κ1) is 14.2. The molecule has 0 aliphatic heterocycles. The fraction of sp³-hybridized carbons (Fsp3) is 0.714. The molecule has 0 radical (unpaired) electrons. The maximum atomic E-state index is 10.4. The van der Waals surface area contributed by atoms with Crippen LogP contribution < -0.4 is 11.3 Å². The van der Waals surface area contributed by atoms with Gasteiger partial charge in [0.25, 0.3) is 5.97 Å². The molecule has 0 aromatic carbocycles. The molecule has 0 aromatic heterocycles. The van der Waals surface area contributed by atoms with Gasteiger partial charge in [0.2, 0.25) is 0 Å². The van der Waals surface area contributed by atoms with Crippen molar-refractivity contribution in [2.24, 2.45) is 5.84 Å². The number of aliphatic carboxylic acids is 1. The molecule has 0 aliphatic rings. The molecule has 13 heavy (non-hydrogen) atoms. The third kappa shape index (κ3) is 24.9. The van der Waals surface area contributed by atoms with Gasteiger partial charge in [0, 0.05) is 6.92 Å². The SMILES string of the molecule is CC(=O)O.CC(C)(C)OC(=O)NN. The molecule has 1 amide bonds. The maximum absolute atomic E-state index is 10.4. The van der Waals surface area contributed by atoms with E-state index in [4.69, 9.17) is 20.5 Å². The summed E-state index contributed by atoms with van der Waals surface area (Å²) in [6.45, 7) is 6.38. The zero-order valence-electron chi connectivity index (χ0n) is 8.25. The van der Waals surface area contributed by atoms with Crippen LogP contribution in [0.2, 0.25) is 0 Å². The van der Waals surface area contributed by atoms with Crippen molar-refractivity contribution in [1.29, 1.82) is 0 Å². The molecule has 6 nitrogen and oxygen atoms in total. The number of amides is 1. The normalized spacial score (nSPS) is 9.31. The van der Waals surface area contributed by atoms with Gasteiger partial charge in [-0.25, -0.2) is 10.6 Å². The van der Waals surface area contributed by atoms with Crippen molar-refractivity contribution in [1.82, 2.24) is 5.43 Å². The van der Waals surface area contributed by atoms with Crippen molar-refractivity contribution >= 4 is 12.1 Å². The average Bonchev–Trinajstić information content (AvgIpc) is 1.82. The van der Waals surface area contributed by atoms with Gasteiger partial charge >= 0.3 is 6.09 Å². The molecule has 78 valence electrons. The maximum Gasteiger partial charge on any atom is 0.421 e. The second-order valence-electron chi connectivity index (χ2n) is 3.17. The summed E-state index contributed by atoms with van der Waals surface area (Å²) in [5, 5.41) is 7.42. The van der Waals surface area contributed by atoms with Crippen molar-refractivity contribution in [3.63, 3.8) is 0 Å². The number of rotatable bonds is 0. The smallest absolute Gasteiger partial charge is 0.421 e. The van der Waals surface area contributed by atoms with E-state index in [1.807, 2.05) is 5.43 Å². The Morgan fingerprint density at radius 1 is 1.38 bits per heavy atom. The van der Waals surface area contributed by atoms with E-state index in [0.29, 0.717) is 0 Å². The van der Waals surface area contributed by atoms with Crippen LogP contribution in [0.4, 0.5) is 4.79 Å². The number of hydrogen-bond acceptors (Lipinski definition) is 4. The highest BCUT2D eigenvalue weighted by Gasteiger charge is 2.14. The van der Waals surface area contributed by atoms with Gasteiger partial charge in [-0.15, -0.1) is 0 Å². The number of nitrogens with two attached hydrogens (primary N) is 1. The number of hydrazine groups is 1. The second-order valence-corrected chi connectivity index (χ2v) is 3.17. The molecule has 0 unspecified atom stereocenters. The van der Waals surface area contributed by atoms with Gasteiger partial charge in [0.05, 0.1) is 0 Å². The first-order chi connectivity index (χ1) is 5.69. The van der Waals surface area contributed by atoms with Crippen molar-refractivity contribution in [2.75, 3.05) is 0 Å². The molecule has 0 rings (SSSR count). The minimum absolute atomic E-state index is 0.469. The summed E-state index contributed by atoms with van der Waals surface area (Å²) in [6, 6.07) is 0. The molecule has 0 atom stereocenters. The lowest BCUT2D eigenvalue weighted by molar-refractivity contribution is -0.134. The van der Waals surface area contributed by atoms with Crippen LogP contribution in [0.5, 0.6) is 0 Å². The monoisotopic (exact) mass is 192 g/mol. The molecule has 4 N–H and O–H groups in total. The number of carbonyl (C=O) groups excluding carboxylic acids is 1. The van der Waals surface area contributed by atoms with Crippen LogP contribution in [-0.4, -0.2) is 22.8 Å². The lowest BCUT2D eigenvalue weighted by atomic mass is 10.2. The highest BCUT2D eigenvalue weighted by Crippen LogP contribution is 2.05. The Kier molecular flexibility index (Phi) is 6.84. The summed E-state index contributed by atoms with van der Waals surface area (Å²) in [5.41, 5.74) is 1.39. The zero-order valence-corrected chi connectivity index (χ0v) is 8.25. The van der Waals surface area contributed by atoms with Crippen LogP contribution in [-0.2, 0) is 9.53 Å². The standard InChI is InChI=1S/C5H12N2O2.C2H4O2/c1-5(2,3)9-4(8)7-6;1-2(3)4/h6H2,1-3H3,(H,7,8);1H3,(H,3,4). The van der Waals surface area contributed by atoms with Gasteiger partial charge < -0.3 is 9.84 Å². The van der Waals surface area contributed by atoms with E-state index in [1.54, 1.807) is 20.8 Å². The Balaban J connectivity index is 0. The van der Waals surface area contributed by atoms with Crippen LogP contribution in [0.1, 0.15) is 27.7 Å². The topological polar surface area (TPSA) is 102 Å². The summed E-state index contributed by atoms with van der Waals surface area (Å²) in [7, 11) is 0. The summed E-state index contributed by atoms with van der Waals surface area (Å²) >= 11 is 0. The van der Waals surface area contributed by atoms with Gasteiger partial charge in [0.15, 0.2) is 0 Å². The van der Waals surface area contributed by atoms with Crippen LogP contribution in [0.25, 0.3) is 0 Å². The van der Waals surface area contributed by atoms with Crippen LogP contribution in [0.3, 0.4) is 0 Å². The average molecular weight is 192 g/mol. The first-order valence-corrected chi connectivity index (χ1v) is 3.58. The lowest BCUT2D eigenvalue weighted by Gasteiger charge is -2.18. The van der Waals surface area contributed by atoms with Crippen molar-refractivity contribution in [2.45, 2.75) is 33.3 Å². The fourth-order valence-electron chi connectivity index (χ4n) is 0.308. The molecule has 0 heterocycles. The fourth-order valence-corrected chi connectivity index (χ4v) is 0.308. The number of nitrogens with one attached hydrogen (secondary N) is 1. The highest BCUT2D eigenvalue weighted by atomic mass is 16.6. The van der Waals surface area contributed by atoms with Crippen LogP contribution >= 0.6 is 0 Å². The Bertz CT molecular complexity index is 170. The van der Waals surface area contributed by atoms with Crippen molar-refractivity contribution in [3.05, 3.63) is 0 Å². The summed E-state index contributed by atoms with van der Waals surface area (Å²) in [6.07, 6.45) is -0.609. The molecule has 0 spiro atoms. The van der Waals surface area contributed by atoms with E-state index < -0.39 is 17.7 Å². The van der Waals surface area contributed by atoms with E-state index in [1.165, 1.54) is 0 Å². The van der Waals surface area contributed by atoms with E-state index in [2.05, 4.69) is 0 Å². The molecule has 6 heteroatoms. The Labute approximate surface area is 77.0 Å². The molecule has 0 saturated heterocycles. The van der Waals surface area contributed by atoms with Gasteiger partial charge in [-0.05, 0) is 20.8 Å². The second kappa shape index (κ2) is 6.24. The number of carboxylic acid groups (broad SMARTS) is 1. The Morgan fingerprint density at radius 2 is 1.69 bits per heavy atom. The van der Waals surface area contributed by atoms with E-state index in [9.17, 15) is 4.79 Å². The molecule has 0 fully saturated rings. The molecule has 0 saturated carbocycles. The molecule has 0 bridgehead atoms. The number of ether oxygens (including phenoxy) is 1. The van der Waals surface area contributed by atoms with E-state index in [0.717, 1.165) is 6.92 Å². The van der Waals surface area contributed by atoms with Crippen LogP contribution in [0, 0.1) is 0 Å².